The van der Waals surface area contributed by atoms with E-state index in [9.17, 15) is 18.4 Å². The van der Waals surface area contributed by atoms with Gasteiger partial charge >= 0.3 is 0 Å². The van der Waals surface area contributed by atoms with Crippen LogP contribution in [0.3, 0.4) is 0 Å². The molecule has 1 atom stereocenters. The van der Waals surface area contributed by atoms with Crippen LogP contribution in [0.25, 0.3) is 0 Å². The van der Waals surface area contributed by atoms with Gasteiger partial charge < -0.3 is 10.2 Å². The van der Waals surface area contributed by atoms with E-state index in [-0.39, 0.29) is 18.4 Å². The zero-order valence-corrected chi connectivity index (χ0v) is 11.5. The molecule has 0 aliphatic carbocycles. The third kappa shape index (κ3) is 2.50. The molecule has 1 aromatic carbocycles. The first kappa shape index (κ1) is 14.4. The third-order valence-corrected chi connectivity index (χ3v) is 3.48. The molecule has 0 saturated carbocycles. The summed E-state index contributed by atoms with van der Waals surface area (Å²) in [5.74, 6) is -1.99. The van der Waals surface area contributed by atoms with Crippen molar-refractivity contribution in [3.05, 3.63) is 35.4 Å². The molecule has 0 aromatic heterocycles. The lowest BCUT2D eigenvalue weighted by atomic mass is 9.95. The highest BCUT2D eigenvalue weighted by Crippen LogP contribution is 2.24. The molecular weight excluding hydrogens is 266 g/mol. The molecule has 1 aromatic rings. The van der Waals surface area contributed by atoms with E-state index in [1.807, 2.05) is 0 Å². The molecule has 1 unspecified atom stereocenters. The molecule has 1 N–H and O–H groups in total. The van der Waals surface area contributed by atoms with Crippen LogP contribution in [0.4, 0.5) is 8.78 Å². The van der Waals surface area contributed by atoms with Crippen LogP contribution in [0, 0.1) is 11.6 Å². The van der Waals surface area contributed by atoms with E-state index in [4.69, 9.17) is 0 Å². The van der Waals surface area contributed by atoms with Gasteiger partial charge in [0.2, 0.25) is 11.8 Å². The number of hydrogen-bond donors (Lipinski definition) is 1. The maximum atomic E-state index is 13.2. The molecule has 6 heteroatoms. The molecule has 1 heterocycles. The van der Waals surface area contributed by atoms with Crippen molar-refractivity contribution in [3.8, 4) is 0 Å². The van der Waals surface area contributed by atoms with E-state index < -0.39 is 23.2 Å². The lowest BCUT2D eigenvalue weighted by molar-refractivity contribution is -0.155. The number of piperazine rings is 1. The number of carbonyl (C=O) groups is 2. The fraction of sp³-hybridized carbons (Fsp3) is 0.429. The van der Waals surface area contributed by atoms with Crippen molar-refractivity contribution in [3.63, 3.8) is 0 Å². The normalized spacial score (nSPS) is 21.9. The smallest absolute Gasteiger partial charge is 0.246 e. The van der Waals surface area contributed by atoms with Crippen molar-refractivity contribution in [1.82, 2.24) is 10.2 Å². The summed E-state index contributed by atoms with van der Waals surface area (Å²) in [6, 6.07) is 2.43. The number of amides is 2. The van der Waals surface area contributed by atoms with Crippen molar-refractivity contribution in [2.24, 2.45) is 0 Å². The predicted octanol–water partition coefficient (Wildman–Crippen LogP) is 1.59. The molecule has 108 valence electrons. The molecular formula is C14H16F2N2O2. The van der Waals surface area contributed by atoms with E-state index in [0.29, 0.717) is 5.56 Å². The second-order valence-electron chi connectivity index (χ2n) is 5.46. The van der Waals surface area contributed by atoms with Gasteiger partial charge in [0.25, 0.3) is 0 Å². The monoisotopic (exact) mass is 282 g/mol. The highest BCUT2D eigenvalue weighted by Gasteiger charge is 2.44. The maximum absolute atomic E-state index is 13.2. The van der Waals surface area contributed by atoms with E-state index >= 15 is 0 Å². The summed E-state index contributed by atoms with van der Waals surface area (Å²) >= 11 is 0. The number of benzene rings is 1. The van der Waals surface area contributed by atoms with E-state index in [0.717, 1.165) is 18.2 Å². The number of nitrogens with zero attached hydrogens (tertiary/aromatic N) is 1. The number of halogens is 2. The van der Waals surface area contributed by atoms with Crippen LogP contribution < -0.4 is 5.32 Å². The summed E-state index contributed by atoms with van der Waals surface area (Å²) in [6.45, 7) is 4.76. The summed E-state index contributed by atoms with van der Waals surface area (Å²) < 4.78 is 26.4. The maximum Gasteiger partial charge on any atom is 0.246 e. The second-order valence-corrected chi connectivity index (χ2v) is 5.46. The third-order valence-electron chi connectivity index (χ3n) is 3.48. The Morgan fingerprint density at radius 2 is 1.75 bits per heavy atom. The number of rotatable bonds is 2. The molecule has 1 aliphatic rings. The van der Waals surface area contributed by atoms with Crippen molar-refractivity contribution in [2.45, 2.75) is 38.9 Å². The first-order valence-corrected chi connectivity index (χ1v) is 6.29. The quantitative estimate of drug-likeness (QED) is 0.895. The Morgan fingerprint density at radius 1 is 1.20 bits per heavy atom. The van der Waals surface area contributed by atoms with Gasteiger partial charge in [-0.1, -0.05) is 0 Å². The first-order chi connectivity index (χ1) is 9.21. The summed E-state index contributed by atoms with van der Waals surface area (Å²) in [4.78, 5) is 25.5. The lowest BCUT2D eigenvalue weighted by Gasteiger charge is -2.43. The zero-order valence-electron chi connectivity index (χ0n) is 11.5. The van der Waals surface area contributed by atoms with Crippen LogP contribution in [0.1, 0.15) is 26.3 Å². The van der Waals surface area contributed by atoms with E-state index in [1.54, 1.807) is 20.8 Å². The summed E-state index contributed by atoms with van der Waals surface area (Å²) in [7, 11) is 0. The van der Waals surface area contributed by atoms with Gasteiger partial charge in [-0.25, -0.2) is 8.78 Å². The zero-order chi connectivity index (χ0) is 15.1. The Bertz CT molecular complexity index is 552. The summed E-state index contributed by atoms with van der Waals surface area (Å²) in [5, 5.41) is 2.58. The largest absolute Gasteiger partial charge is 0.343 e. The Labute approximate surface area is 115 Å². The molecule has 0 radical (unpaired) electrons. The van der Waals surface area contributed by atoms with Crippen LogP contribution in [-0.2, 0) is 16.1 Å². The van der Waals surface area contributed by atoms with Crippen molar-refractivity contribution < 1.29 is 18.4 Å². The van der Waals surface area contributed by atoms with Gasteiger partial charge in [0, 0.05) is 12.6 Å². The molecule has 4 nitrogen and oxygen atoms in total. The van der Waals surface area contributed by atoms with Gasteiger partial charge in [0.15, 0.2) is 0 Å². The van der Waals surface area contributed by atoms with E-state index in [2.05, 4.69) is 5.32 Å². The number of hydrogen-bond acceptors (Lipinski definition) is 2. The molecule has 0 bridgehead atoms. The number of carbonyl (C=O) groups excluding carboxylic acids is 2. The van der Waals surface area contributed by atoms with Crippen LogP contribution in [0.5, 0.6) is 0 Å². The SMILES string of the molecule is CC1NC(=O)C(C)(C)N(Cc2cc(F)cc(F)c2)C1=O. The minimum atomic E-state index is -1.06. The Kier molecular flexibility index (Phi) is 3.50. The topological polar surface area (TPSA) is 49.4 Å². The van der Waals surface area contributed by atoms with Gasteiger partial charge in [-0.3, -0.25) is 9.59 Å². The highest BCUT2D eigenvalue weighted by molar-refractivity contribution is 5.99. The lowest BCUT2D eigenvalue weighted by Crippen LogP contribution is -2.67. The minimum Gasteiger partial charge on any atom is -0.343 e. The van der Waals surface area contributed by atoms with Crippen molar-refractivity contribution in [1.29, 1.82) is 0 Å². The molecule has 0 spiro atoms. The standard InChI is InChI=1S/C14H16F2N2O2/c1-8-12(19)18(14(2,3)13(20)17-8)7-9-4-10(15)6-11(16)5-9/h4-6,8H,7H2,1-3H3,(H,17,20). The van der Waals surface area contributed by atoms with Gasteiger partial charge in [-0.2, -0.15) is 0 Å². The Balaban J connectivity index is 2.33. The van der Waals surface area contributed by atoms with E-state index in [1.165, 1.54) is 4.90 Å². The molecule has 1 saturated heterocycles. The molecule has 2 amide bonds. The fourth-order valence-electron chi connectivity index (χ4n) is 2.23. The minimum absolute atomic E-state index is 0.0156. The average molecular weight is 282 g/mol. The second kappa shape index (κ2) is 4.85. The number of nitrogens with one attached hydrogen (secondary N) is 1. The van der Waals surface area contributed by atoms with Crippen LogP contribution >= 0.6 is 0 Å². The van der Waals surface area contributed by atoms with Gasteiger partial charge in [-0.15, -0.1) is 0 Å². The average Bonchev–Trinajstić information content (AvgIpc) is 2.32. The summed E-state index contributed by atoms with van der Waals surface area (Å²) in [5.41, 5.74) is -0.752. The van der Waals surface area contributed by atoms with Crippen LogP contribution in [-0.4, -0.2) is 28.3 Å². The van der Waals surface area contributed by atoms with Gasteiger partial charge in [0.05, 0.1) is 0 Å². The molecule has 20 heavy (non-hydrogen) atoms. The summed E-state index contributed by atoms with van der Waals surface area (Å²) in [6.07, 6.45) is 0. The van der Waals surface area contributed by atoms with Crippen molar-refractivity contribution >= 4 is 11.8 Å². The predicted molar refractivity (Wildman–Crippen MR) is 68.6 cm³/mol. The van der Waals surface area contributed by atoms with Crippen molar-refractivity contribution in [2.75, 3.05) is 0 Å². The Morgan fingerprint density at radius 3 is 2.30 bits per heavy atom. The first-order valence-electron chi connectivity index (χ1n) is 6.29. The van der Waals surface area contributed by atoms with Crippen LogP contribution in [0.2, 0.25) is 0 Å². The van der Waals surface area contributed by atoms with Gasteiger partial charge in [0.1, 0.15) is 23.2 Å². The molecule has 2 rings (SSSR count). The van der Waals surface area contributed by atoms with Gasteiger partial charge in [-0.05, 0) is 38.5 Å². The van der Waals surface area contributed by atoms with Crippen LogP contribution in [0.15, 0.2) is 18.2 Å². The Hall–Kier alpha value is -1.98. The molecule has 1 aliphatic heterocycles. The molecule has 1 fully saturated rings. The highest BCUT2D eigenvalue weighted by atomic mass is 19.1. The fourth-order valence-corrected chi connectivity index (χ4v) is 2.23.